The fourth-order valence-electron chi connectivity index (χ4n) is 2.46. The Hall–Kier alpha value is -1.39. The zero-order chi connectivity index (χ0) is 15.1. The van der Waals surface area contributed by atoms with E-state index < -0.39 is 0 Å². The normalized spacial score (nSPS) is 15.9. The Balaban J connectivity index is 1.95. The van der Waals surface area contributed by atoms with E-state index in [0.717, 1.165) is 44.0 Å². The number of benzene rings is 1. The first-order chi connectivity index (χ1) is 10.2. The summed E-state index contributed by atoms with van der Waals surface area (Å²) in [4.78, 5) is 11.5. The maximum absolute atomic E-state index is 11.5. The lowest BCUT2D eigenvalue weighted by Gasteiger charge is -2.22. The van der Waals surface area contributed by atoms with Crippen LogP contribution in [0.15, 0.2) is 18.2 Å². The largest absolute Gasteiger partial charge is 0.494 e. The highest BCUT2D eigenvalue weighted by Crippen LogP contribution is 2.23. The van der Waals surface area contributed by atoms with Crippen molar-refractivity contribution in [1.29, 1.82) is 0 Å². The minimum absolute atomic E-state index is 0.0590. The molecule has 1 aliphatic rings. The molecule has 1 fully saturated rings. The monoisotopic (exact) mass is 292 g/mol. The molecule has 0 amide bonds. The van der Waals surface area contributed by atoms with Gasteiger partial charge in [0.05, 0.1) is 19.8 Å². The number of Topliss-reactive ketones (excluding diaryl/α,β-unsaturated/α-hetero) is 1. The van der Waals surface area contributed by atoms with Gasteiger partial charge in [-0.05, 0) is 50.8 Å². The van der Waals surface area contributed by atoms with E-state index in [0.29, 0.717) is 24.7 Å². The van der Waals surface area contributed by atoms with Gasteiger partial charge in [0.25, 0.3) is 0 Å². The first-order valence-electron chi connectivity index (χ1n) is 7.63. The molecule has 4 heteroatoms. The van der Waals surface area contributed by atoms with Crippen molar-refractivity contribution in [2.45, 2.75) is 33.3 Å². The Labute approximate surface area is 126 Å². The number of hydrogen-bond donors (Lipinski definition) is 0. The average molecular weight is 292 g/mol. The van der Waals surface area contributed by atoms with Crippen LogP contribution in [0.1, 0.15) is 42.6 Å². The van der Waals surface area contributed by atoms with Gasteiger partial charge in [0.15, 0.2) is 5.78 Å². The molecule has 0 aliphatic carbocycles. The molecule has 0 bridgehead atoms. The van der Waals surface area contributed by atoms with Crippen LogP contribution in [0.4, 0.5) is 0 Å². The van der Waals surface area contributed by atoms with Crippen molar-refractivity contribution in [3.05, 3.63) is 29.3 Å². The van der Waals surface area contributed by atoms with E-state index in [1.54, 1.807) is 13.0 Å². The summed E-state index contributed by atoms with van der Waals surface area (Å²) in [7, 11) is 0. The molecule has 1 heterocycles. The molecular weight excluding hydrogens is 268 g/mol. The van der Waals surface area contributed by atoms with Crippen molar-refractivity contribution in [2.24, 2.45) is 5.92 Å². The Morgan fingerprint density at radius 2 is 2.10 bits per heavy atom. The molecule has 0 radical (unpaired) electrons. The van der Waals surface area contributed by atoms with Crippen LogP contribution in [0, 0.1) is 5.92 Å². The first-order valence-corrected chi connectivity index (χ1v) is 7.63. The van der Waals surface area contributed by atoms with E-state index in [1.807, 2.05) is 19.1 Å². The smallest absolute Gasteiger partial charge is 0.159 e. The van der Waals surface area contributed by atoms with E-state index in [4.69, 9.17) is 14.2 Å². The van der Waals surface area contributed by atoms with Gasteiger partial charge in [-0.15, -0.1) is 0 Å². The van der Waals surface area contributed by atoms with Crippen molar-refractivity contribution in [2.75, 3.05) is 26.4 Å². The second-order valence-corrected chi connectivity index (χ2v) is 5.38. The van der Waals surface area contributed by atoms with Crippen molar-refractivity contribution < 1.29 is 19.0 Å². The minimum atomic E-state index is 0.0590. The Morgan fingerprint density at radius 3 is 2.76 bits per heavy atom. The third kappa shape index (κ3) is 4.83. The van der Waals surface area contributed by atoms with Crippen LogP contribution in [0.5, 0.6) is 5.75 Å². The first kappa shape index (κ1) is 16.0. The lowest BCUT2D eigenvalue weighted by Crippen LogP contribution is -2.20. The predicted molar refractivity (Wildman–Crippen MR) is 80.8 cm³/mol. The summed E-state index contributed by atoms with van der Waals surface area (Å²) in [6, 6.07) is 5.53. The number of carbonyl (C=O) groups excluding carboxylic acids is 1. The SMILES string of the molecule is CCOc1ccc(C(C)=O)cc1COCC1CCOCC1. The van der Waals surface area contributed by atoms with E-state index >= 15 is 0 Å². The van der Waals surface area contributed by atoms with Crippen LogP contribution < -0.4 is 4.74 Å². The van der Waals surface area contributed by atoms with Crippen LogP contribution in [0.3, 0.4) is 0 Å². The van der Waals surface area contributed by atoms with Crippen LogP contribution in [0.2, 0.25) is 0 Å². The Bertz CT molecular complexity index is 464. The molecule has 0 unspecified atom stereocenters. The van der Waals surface area contributed by atoms with Crippen LogP contribution >= 0.6 is 0 Å². The van der Waals surface area contributed by atoms with Gasteiger partial charge in [0, 0.05) is 24.3 Å². The van der Waals surface area contributed by atoms with Crippen molar-refractivity contribution in [3.63, 3.8) is 0 Å². The molecule has 21 heavy (non-hydrogen) atoms. The summed E-state index contributed by atoms with van der Waals surface area (Å²) in [5.74, 6) is 1.43. The minimum Gasteiger partial charge on any atom is -0.494 e. The summed E-state index contributed by atoms with van der Waals surface area (Å²) >= 11 is 0. The highest BCUT2D eigenvalue weighted by atomic mass is 16.5. The zero-order valence-corrected chi connectivity index (χ0v) is 12.9. The Morgan fingerprint density at radius 1 is 1.33 bits per heavy atom. The molecule has 0 atom stereocenters. The summed E-state index contributed by atoms with van der Waals surface area (Å²) in [5.41, 5.74) is 1.64. The number of rotatable bonds is 7. The molecular formula is C17H24O4. The lowest BCUT2D eigenvalue weighted by molar-refractivity contribution is 0.0153. The van der Waals surface area contributed by atoms with Crippen molar-refractivity contribution in [1.82, 2.24) is 0 Å². The molecule has 1 aromatic carbocycles. The van der Waals surface area contributed by atoms with Gasteiger partial charge in [-0.3, -0.25) is 4.79 Å². The molecule has 1 aromatic rings. The molecule has 0 N–H and O–H groups in total. The molecule has 0 aromatic heterocycles. The number of ketones is 1. The summed E-state index contributed by atoms with van der Waals surface area (Å²) in [6.07, 6.45) is 2.12. The van der Waals surface area contributed by atoms with Crippen LogP contribution in [-0.4, -0.2) is 32.2 Å². The van der Waals surface area contributed by atoms with Gasteiger partial charge >= 0.3 is 0 Å². The summed E-state index contributed by atoms with van der Waals surface area (Å²) in [6.45, 7) is 7.00. The van der Waals surface area contributed by atoms with E-state index in [9.17, 15) is 4.79 Å². The molecule has 0 saturated carbocycles. The topological polar surface area (TPSA) is 44.8 Å². The maximum Gasteiger partial charge on any atom is 0.159 e. The third-order valence-electron chi connectivity index (χ3n) is 3.72. The highest BCUT2D eigenvalue weighted by Gasteiger charge is 2.14. The van der Waals surface area contributed by atoms with E-state index in [1.165, 1.54) is 0 Å². The predicted octanol–water partition coefficient (Wildman–Crippen LogP) is 3.23. The number of hydrogen-bond acceptors (Lipinski definition) is 4. The van der Waals surface area contributed by atoms with E-state index in [2.05, 4.69) is 0 Å². The second kappa shape index (κ2) is 8.15. The lowest BCUT2D eigenvalue weighted by atomic mass is 10.0. The van der Waals surface area contributed by atoms with Gasteiger partial charge < -0.3 is 14.2 Å². The van der Waals surface area contributed by atoms with Gasteiger partial charge in [-0.2, -0.15) is 0 Å². The number of ether oxygens (including phenoxy) is 3. The molecule has 4 nitrogen and oxygen atoms in total. The van der Waals surface area contributed by atoms with Gasteiger partial charge in [0.1, 0.15) is 5.75 Å². The number of carbonyl (C=O) groups is 1. The van der Waals surface area contributed by atoms with E-state index in [-0.39, 0.29) is 5.78 Å². The van der Waals surface area contributed by atoms with Crippen molar-refractivity contribution >= 4 is 5.78 Å². The fraction of sp³-hybridized carbons (Fsp3) is 0.588. The molecule has 2 rings (SSSR count). The molecule has 116 valence electrons. The van der Waals surface area contributed by atoms with Gasteiger partial charge in [0.2, 0.25) is 0 Å². The Kier molecular flexibility index (Phi) is 6.21. The molecule has 1 aliphatic heterocycles. The highest BCUT2D eigenvalue weighted by molar-refractivity contribution is 5.94. The van der Waals surface area contributed by atoms with Gasteiger partial charge in [-0.25, -0.2) is 0 Å². The maximum atomic E-state index is 11.5. The summed E-state index contributed by atoms with van der Waals surface area (Å²) in [5, 5.41) is 0. The van der Waals surface area contributed by atoms with Gasteiger partial charge in [-0.1, -0.05) is 0 Å². The van der Waals surface area contributed by atoms with Crippen LogP contribution in [-0.2, 0) is 16.1 Å². The summed E-state index contributed by atoms with van der Waals surface area (Å²) < 4.78 is 16.8. The third-order valence-corrected chi connectivity index (χ3v) is 3.72. The molecule has 1 saturated heterocycles. The average Bonchev–Trinajstić information content (AvgIpc) is 2.50. The standard InChI is InChI=1S/C17H24O4/c1-3-21-17-5-4-15(13(2)18)10-16(17)12-20-11-14-6-8-19-9-7-14/h4-5,10,14H,3,6-9,11-12H2,1-2H3. The second-order valence-electron chi connectivity index (χ2n) is 5.38. The van der Waals surface area contributed by atoms with Crippen molar-refractivity contribution in [3.8, 4) is 5.75 Å². The van der Waals surface area contributed by atoms with Crippen LogP contribution in [0.25, 0.3) is 0 Å². The molecule has 0 spiro atoms. The fourth-order valence-corrected chi connectivity index (χ4v) is 2.46. The quantitative estimate of drug-likeness (QED) is 0.724. The zero-order valence-electron chi connectivity index (χ0n) is 12.9.